The SMILES string of the molecule is C#CCC(N)C(=O)Nc1cccc(C)c1C(=O)O. The summed E-state index contributed by atoms with van der Waals surface area (Å²) < 4.78 is 0. The second-order valence-corrected chi connectivity index (χ2v) is 3.81. The highest BCUT2D eigenvalue weighted by atomic mass is 16.4. The van der Waals surface area contributed by atoms with Gasteiger partial charge in [-0.1, -0.05) is 12.1 Å². The van der Waals surface area contributed by atoms with Crippen LogP contribution < -0.4 is 11.1 Å². The Labute approximate surface area is 105 Å². The number of amides is 1. The third-order valence-electron chi connectivity index (χ3n) is 2.42. The number of hydrogen-bond acceptors (Lipinski definition) is 3. The molecule has 0 saturated carbocycles. The average Bonchev–Trinajstić information content (AvgIpc) is 2.28. The van der Waals surface area contributed by atoms with Crippen molar-refractivity contribution in [3.8, 4) is 12.3 Å². The summed E-state index contributed by atoms with van der Waals surface area (Å²) in [5, 5.41) is 11.6. The summed E-state index contributed by atoms with van der Waals surface area (Å²) in [7, 11) is 0. The number of aromatic carboxylic acids is 1. The van der Waals surface area contributed by atoms with Crippen LogP contribution in [0.15, 0.2) is 18.2 Å². The lowest BCUT2D eigenvalue weighted by molar-refractivity contribution is -0.117. The second kappa shape index (κ2) is 5.84. The van der Waals surface area contributed by atoms with Crippen LogP contribution in [0.4, 0.5) is 5.69 Å². The highest BCUT2D eigenvalue weighted by Gasteiger charge is 2.17. The summed E-state index contributed by atoms with van der Waals surface area (Å²) in [6, 6.07) is 3.97. The number of rotatable bonds is 4. The van der Waals surface area contributed by atoms with Gasteiger partial charge in [-0.2, -0.15) is 0 Å². The lowest BCUT2D eigenvalue weighted by Gasteiger charge is -2.13. The van der Waals surface area contributed by atoms with Gasteiger partial charge in [0.1, 0.15) is 0 Å². The standard InChI is InChI=1S/C13H14N2O3/c1-3-5-9(14)12(16)15-10-7-4-6-8(2)11(10)13(17)18/h1,4,6-7,9H,5,14H2,2H3,(H,15,16)(H,17,18). The van der Waals surface area contributed by atoms with Crippen LogP contribution in [0.3, 0.4) is 0 Å². The molecule has 18 heavy (non-hydrogen) atoms. The van der Waals surface area contributed by atoms with Crippen molar-refractivity contribution < 1.29 is 14.7 Å². The van der Waals surface area contributed by atoms with Crippen LogP contribution in [0.5, 0.6) is 0 Å². The Morgan fingerprint density at radius 1 is 1.56 bits per heavy atom. The highest BCUT2D eigenvalue weighted by Crippen LogP contribution is 2.19. The van der Waals surface area contributed by atoms with Crippen LogP contribution in [0.1, 0.15) is 22.3 Å². The molecule has 0 aliphatic carbocycles. The molecule has 5 nitrogen and oxygen atoms in total. The summed E-state index contributed by atoms with van der Waals surface area (Å²) in [5.74, 6) is 0.679. The van der Waals surface area contributed by atoms with Crippen LogP contribution >= 0.6 is 0 Å². The van der Waals surface area contributed by atoms with Crippen LogP contribution in [-0.2, 0) is 4.79 Å². The fourth-order valence-corrected chi connectivity index (χ4v) is 1.50. The lowest BCUT2D eigenvalue weighted by atomic mass is 10.1. The van der Waals surface area contributed by atoms with Gasteiger partial charge in [-0.05, 0) is 18.6 Å². The normalized spacial score (nSPS) is 11.4. The quantitative estimate of drug-likeness (QED) is 0.690. The van der Waals surface area contributed by atoms with Gasteiger partial charge in [0.25, 0.3) is 0 Å². The highest BCUT2D eigenvalue weighted by molar-refractivity contribution is 6.03. The molecule has 1 aromatic rings. The third-order valence-corrected chi connectivity index (χ3v) is 2.42. The zero-order chi connectivity index (χ0) is 13.7. The Balaban J connectivity index is 2.99. The van der Waals surface area contributed by atoms with Crippen molar-refractivity contribution in [3.05, 3.63) is 29.3 Å². The fourth-order valence-electron chi connectivity index (χ4n) is 1.50. The van der Waals surface area contributed by atoms with Crippen LogP contribution in [0.25, 0.3) is 0 Å². The van der Waals surface area contributed by atoms with E-state index < -0.39 is 17.9 Å². The van der Waals surface area contributed by atoms with Crippen molar-refractivity contribution in [1.82, 2.24) is 0 Å². The molecule has 0 aliphatic rings. The van der Waals surface area contributed by atoms with Gasteiger partial charge in [-0.15, -0.1) is 12.3 Å². The molecule has 0 aromatic heterocycles. The first-order valence-corrected chi connectivity index (χ1v) is 5.30. The summed E-state index contributed by atoms with van der Waals surface area (Å²) in [6.45, 7) is 1.65. The van der Waals surface area contributed by atoms with Crippen molar-refractivity contribution in [2.45, 2.75) is 19.4 Å². The third kappa shape index (κ3) is 3.09. The van der Waals surface area contributed by atoms with Crippen LogP contribution in [-0.4, -0.2) is 23.0 Å². The molecule has 0 radical (unpaired) electrons. The van der Waals surface area contributed by atoms with E-state index in [4.69, 9.17) is 17.3 Å². The van der Waals surface area contributed by atoms with Gasteiger partial charge in [0.05, 0.1) is 17.3 Å². The van der Waals surface area contributed by atoms with Gasteiger partial charge in [0.2, 0.25) is 5.91 Å². The monoisotopic (exact) mass is 246 g/mol. The Morgan fingerprint density at radius 3 is 2.78 bits per heavy atom. The Kier molecular flexibility index (Phi) is 4.46. The summed E-state index contributed by atoms with van der Waals surface area (Å²) in [6.07, 6.45) is 5.16. The number of carbonyl (C=O) groups is 2. The number of benzene rings is 1. The molecule has 5 heteroatoms. The molecule has 0 aliphatic heterocycles. The van der Waals surface area contributed by atoms with Crippen molar-refractivity contribution in [2.24, 2.45) is 5.73 Å². The van der Waals surface area contributed by atoms with Crippen molar-refractivity contribution in [2.75, 3.05) is 5.32 Å². The van der Waals surface area contributed by atoms with Gasteiger partial charge >= 0.3 is 5.97 Å². The zero-order valence-electron chi connectivity index (χ0n) is 9.93. The first kappa shape index (κ1) is 13.7. The fraction of sp³-hybridized carbons (Fsp3) is 0.231. The second-order valence-electron chi connectivity index (χ2n) is 3.81. The van der Waals surface area contributed by atoms with E-state index in [0.29, 0.717) is 5.56 Å². The zero-order valence-corrected chi connectivity index (χ0v) is 9.93. The molecule has 1 unspecified atom stereocenters. The maximum Gasteiger partial charge on any atom is 0.338 e. The predicted octanol–water partition coefficient (Wildman–Crippen LogP) is 0.982. The molecule has 94 valence electrons. The topological polar surface area (TPSA) is 92.4 Å². The van der Waals surface area contributed by atoms with E-state index in [-0.39, 0.29) is 17.7 Å². The number of anilines is 1. The van der Waals surface area contributed by atoms with Gasteiger partial charge in [-0.3, -0.25) is 4.79 Å². The molecular formula is C13H14N2O3. The molecule has 1 amide bonds. The van der Waals surface area contributed by atoms with Gasteiger partial charge < -0.3 is 16.2 Å². The van der Waals surface area contributed by atoms with Gasteiger partial charge in [0, 0.05) is 6.42 Å². The Bertz CT molecular complexity index is 517. The lowest BCUT2D eigenvalue weighted by Crippen LogP contribution is -2.35. The minimum Gasteiger partial charge on any atom is -0.478 e. The molecule has 0 spiro atoms. The number of carboxylic acids is 1. The molecule has 1 rings (SSSR count). The first-order chi connectivity index (χ1) is 8.47. The number of terminal acetylenes is 1. The predicted molar refractivity (Wildman–Crippen MR) is 68.2 cm³/mol. The molecule has 1 aromatic carbocycles. The number of hydrogen-bond donors (Lipinski definition) is 3. The first-order valence-electron chi connectivity index (χ1n) is 5.30. The van der Waals surface area contributed by atoms with Crippen molar-refractivity contribution in [3.63, 3.8) is 0 Å². The number of nitrogens with two attached hydrogens (primary N) is 1. The molecule has 0 bridgehead atoms. The van der Waals surface area contributed by atoms with E-state index in [1.807, 2.05) is 0 Å². The molecular weight excluding hydrogens is 232 g/mol. The number of carboxylic acid groups (broad SMARTS) is 1. The van der Waals surface area contributed by atoms with E-state index >= 15 is 0 Å². The van der Waals surface area contributed by atoms with E-state index in [0.717, 1.165) is 0 Å². The van der Waals surface area contributed by atoms with E-state index in [9.17, 15) is 9.59 Å². The molecule has 1 atom stereocenters. The Hall–Kier alpha value is -2.32. The van der Waals surface area contributed by atoms with Gasteiger partial charge in [-0.25, -0.2) is 4.79 Å². The number of aryl methyl sites for hydroxylation is 1. The molecule has 0 saturated heterocycles. The smallest absolute Gasteiger partial charge is 0.338 e. The maximum absolute atomic E-state index is 11.7. The summed E-state index contributed by atoms with van der Waals surface area (Å²) in [4.78, 5) is 22.8. The largest absolute Gasteiger partial charge is 0.478 e. The molecule has 4 N–H and O–H groups in total. The van der Waals surface area contributed by atoms with E-state index in [1.54, 1.807) is 19.1 Å². The van der Waals surface area contributed by atoms with Crippen LogP contribution in [0.2, 0.25) is 0 Å². The Morgan fingerprint density at radius 2 is 2.22 bits per heavy atom. The summed E-state index contributed by atoms with van der Waals surface area (Å²) in [5.41, 5.74) is 6.38. The van der Waals surface area contributed by atoms with E-state index in [1.165, 1.54) is 6.07 Å². The molecule has 0 fully saturated rings. The number of carbonyl (C=O) groups excluding carboxylic acids is 1. The van der Waals surface area contributed by atoms with Crippen LogP contribution in [0, 0.1) is 19.3 Å². The molecule has 0 heterocycles. The number of nitrogens with one attached hydrogen (secondary N) is 1. The van der Waals surface area contributed by atoms with E-state index in [2.05, 4.69) is 11.2 Å². The average molecular weight is 246 g/mol. The minimum atomic E-state index is -1.10. The maximum atomic E-state index is 11.7. The van der Waals surface area contributed by atoms with Crippen molar-refractivity contribution in [1.29, 1.82) is 0 Å². The minimum absolute atomic E-state index is 0.0544. The summed E-state index contributed by atoms with van der Waals surface area (Å²) >= 11 is 0. The van der Waals surface area contributed by atoms with Gasteiger partial charge in [0.15, 0.2) is 0 Å². The van der Waals surface area contributed by atoms with Crippen molar-refractivity contribution >= 4 is 17.6 Å².